The van der Waals surface area contributed by atoms with Gasteiger partial charge in [0.1, 0.15) is 17.0 Å². The van der Waals surface area contributed by atoms with E-state index in [1.807, 2.05) is 24.1 Å². The Kier molecular flexibility index (Phi) is 4.12. The van der Waals surface area contributed by atoms with Gasteiger partial charge in [-0.15, -0.1) is 0 Å². The molecule has 1 saturated heterocycles. The number of nitrogens with zero attached hydrogens (tertiary/aromatic N) is 5. The fourth-order valence-electron chi connectivity index (χ4n) is 2.95. The van der Waals surface area contributed by atoms with E-state index in [1.165, 1.54) is 17.4 Å². The Morgan fingerprint density at radius 1 is 1.24 bits per heavy atom. The van der Waals surface area contributed by atoms with Gasteiger partial charge in [0, 0.05) is 38.9 Å². The van der Waals surface area contributed by atoms with Gasteiger partial charge < -0.3 is 9.80 Å². The predicted molar refractivity (Wildman–Crippen MR) is 95.6 cm³/mol. The first-order valence-electron chi connectivity index (χ1n) is 8.28. The van der Waals surface area contributed by atoms with Gasteiger partial charge in [-0.1, -0.05) is 17.4 Å². The summed E-state index contributed by atoms with van der Waals surface area (Å²) in [6.07, 6.45) is 1.82. The molecule has 0 unspecified atom stereocenters. The normalized spacial score (nSPS) is 15.1. The maximum absolute atomic E-state index is 13.8. The second-order valence-electron chi connectivity index (χ2n) is 5.92. The van der Waals surface area contributed by atoms with Gasteiger partial charge in [-0.3, -0.25) is 9.48 Å². The summed E-state index contributed by atoms with van der Waals surface area (Å²) < 4.78 is 16.4. The summed E-state index contributed by atoms with van der Waals surface area (Å²) in [6, 6.07) is 6.77. The topological polar surface area (TPSA) is 54.3 Å². The number of hydrogen-bond donors (Lipinski definition) is 0. The quantitative estimate of drug-likeness (QED) is 0.721. The Hall–Kier alpha value is -2.48. The average Bonchev–Trinajstić information content (AvgIpc) is 3.29. The highest BCUT2D eigenvalue weighted by atomic mass is 32.1. The molecule has 0 bridgehead atoms. The van der Waals surface area contributed by atoms with Gasteiger partial charge in [0.15, 0.2) is 5.13 Å². The van der Waals surface area contributed by atoms with Crippen molar-refractivity contribution in [1.82, 2.24) is 19.7 Å². The third-order valence-corrected chi connectivity index (χ3v) is 5.46. The number of piperazine rings is 1. The molecule has 1 aromatic carbocycles. The van der Waals surface area contributed by atoms with E-state index in [-0.39, 0.29) is 11.7 Å². The number of carbonyl (C=O) groups is 1. The van der Waals surface area contributed by atoms with Crippen LogP contribution >= 0.6 is 11.3 Å². The highest BCUT2D eigenvalue weighted by molar-refractivity contribution is 7.22. The maximum atomic E-state index is 13.8. The van der Waals surface area contributed by atoms with Crippen LogP contribution in [0.5, 0.6) is 0 Å². The van der Waals surface area contributed by atoms with Crippen LogP contribution < -0.4 is 4.90 Å². The predicted octanol–water partition coefficient (Wildman–Crippen LogP) is 2.61. The molecule has 3 aromatic rings. The van der Waals surface area contributed by atoms with E-state index in [0.29, 0.717) is 37.4 Å². The number of aryl methyl sites for hydroxylation is 1. The lowest BCUT2D eigenvalue weighted by molar-refractivity contribution is 0.0740. The lowest BCUT2D eigenvalue weighted by Crippen LogP contribution is -2.48. The zero-order chi connectivity index (χ0) is 17.4. The number of rotatable bonds is 3. The lowest BCUT2D eigenvalue weighted by atomic mass is 10.3. The molecule has 1 aliphatic rings. The first-order chi connectivity index (χ1) is 12.2. The zero-order valence-corrected chi connectivity index (χ0v) is 14.7. The highest BCUT2D eigenvalue weighted by Gasteiger charge is 2.25. The average molecular weight is 359 g/mol. The molecule has 1 fully saturated rings. The van der Waals surface area contributed by atoms with Crippen LogP contribution in [0.3, 0.4) is 0 Å². The van der Waals surface area contributed by atoms with Crippen molar-refractivity contribution >= 4 is 32.6 Å². The number of para-hydroxylation sites is 1. The van der Waals surface area contributed by atoms with Crippen LogP contribution in [0, 0.1) is 5.82 Å². The number of hydrogen-bond acceptors (Lipinski definition) is 5. The molecule has 0 saturated carbocycles. The number of amides is 1. The second-order valence-corrected chi connectivity index (χ2v) is 6.93. The highest BCUT2D eigenvalue weighted by Crippen LogP contribution is 2.30. The molecule has 1 aliphatic heterocycles. The summed E-state index contributed by atoms with van der Waals surface area (Å²) in [5.74, 6) is -0.331. The van der Waals surface area contributed by atoms with E-state index in [0.717, 1.165) is 16.4 Å². The van der Waals surface area contributed by atoms with Crippen molar-refractivity contribution in [3.63, 3.8) is 0 Å². The maximum Gasteiger partial charge on any atom is 0.274 e. The van der Waals surface area contributed by atoms with Crippen molar-refractivity contribution in [3.8, 4) is 0 Å². The minimum Gasteiger partial charge on any atom is -0.345 e. The van der Waals surface area contributed by atoms with E-state index in [2.05, 4.69) is 15.0 Å². The van der Waals surface area contributed by atoms with Crippen LogP contribution in [-0.4, -0.2) is 51.8 Å². The number of carbonyl (C=O) groups excluding carboxylic acids is 1. The van der Waals surface area contributed by atoms with Gasteiger partial charge in [0.25, 0.3) is 5.91 Å². The second kappa shape index (κ2) is 6.44. The van der Waals surface area contributed by atoms with Crippen molar-refractivity contribution in [3.05, 3.63) is 42.0 Å². The fourth-order valence-corrected chi connectivity index (χ4v) is 3.98. The van der Waals surface area contributed by atoms with Crippen molar-refractivity contribution in [1.29, 1.82) is 0 Å². The van der Waals surface area contributed by atoms with Crippen molar-refractivity contribution in [2.75, 3.05) is 31.1 Å². The molecular formula is C17H18FN5OS. The lowest BCUT2D eigenvalue weighted by Gasteiger charge is -2.34. The molecule has 0 N–H and O–H groups in total. The molecule has 0 radical (unpaired) electrons. The van der Waals surface area contributed by atoms with Crippen molar-refractivity contribution < 1.29 is 9.18 Å². The van der Waals surface area contributed by atoms with E-state index in [1.54, 1.807) is 16.8 Å². The van der Waals surface area contributed by atoms with Crippen LogP contribution in [0.4, 0.5) is 9.52 Å². The van der Waals surface area contributed by atoms with Crippen LogP contribution in [0.15, 0.2) is 30.5 Å². The first-order valence-corrected chi connectivity index (χ1v) is 9.10. The summed E-state index contributed by atoms with van der Waals surface area (Å²) in [7, 11) is 0. The Labute approximate surface area is 148 Å². The molecule has 1 amide bonds. The third kappa shape index (κ3) is 2.97. The largest absolute Gasteiger partial charge is 0.345 e. The summed E-state index contributed by atoms with van der Waals surface area (Å²) in [5.41, 5.74) is 0.906. The van der Waals surface area contributed by atoms with Crippen LogP contribution in [0.25, 0.3) is 10.2 Å². The molecule has 0 atom stereocenters. The summed E-state index contributed by atoms with van der Waals surface area (Å²) in [4.78, 5) is 20.9. The molecule has 3 heterocycles. The van der Waals surface area contributed by atoms with Crippen LogP contribution in [0.2, 0.25) is 0 Å². The number of halogens is 1. The molecular weight excluding hydrogens is 341 g/mol. The Morgan fingerprint density at radius 2 is 2.04 bits per heavy atom. The molecule has 130 valence electrons. The monoisotopic (exact) mass is 359 g/mol. The molecule has 2 aromatic heterocycles. The molecule has 0 aliphatic carbocycles. The van der Waals surface area contributed by atoms with E-state index < -0.39 is 0 Å². The van der Waals surface area contributed by atoms with Crippen molar-refractivity contribution in [2.45, 2.75) is 13.5 Å². The number of thiazole rings is 1. The Bertz CT molecular complexity index is 913. The van der Waals surface area contributed by atoms with Gasteiger partial charge in [-0.25, -0.2) is 9.37 Å². The number of fused-ring (bicyclic) bond motifs is 1. The molecule has 6 nitrogen and oxygen atoms in total. The first kappa shape index (κ1) is 16.0. The SMILES string of the molecule is CCn1ccc(C(=O)N2CCN(c3nc4c(F)cccc4s3)CC2)n1. The minimum absolute atomic E-state index is 0.0396. The molecule has 8 heteroatoms. The van der Waals surface area contributed by atoms with E-state index >= 15 is 0 Å². The Balaban J connectivity index is 1.45. The number of aromatic nitrogens is 3. The van der Waals surface area contributed by atoms with Gasteiger partial charge in [-0.05, 0) is 25.1 Å². The third-order valence-electron chi connectivity index (χ3n) is 4.38. The fraction of sp³-hybridized carbons (Fsp3) is 0.353. The van der Waals surface area contributed by atoms with Crippen molar-refractivity contribution in [2.24, 2.45) is 0 Å². The van der Waals surface area contributed by atoms with Gasteiger partial charge in [-0.2, -0.15) is 5.10 Å². The van der Waals surface area contributed by atoms with Crippen LogP contribution in [-0.2, 0) is 6.54 Å². The smallest absolute Gasteiger partial charge is 0.274 e. The van der Waals surface area contributed by atoms with Gasteiger partial charge in [0.2, 0.25) is 0 Å². The number of anilines is 1. The summed E-state index contributed by atoms with van der Waals surface area (Å²) >= 11 is 1.49. The van der Waals surface area contributed by atoms with Gasteiger partial charge in [0.05, 0.1) is 4.70 Å². The molecule has 0 spiro atoms. The summed E-state index contributed by atoms with van der Waals surface area (Å²) in [6.45, 7) is 5.31. The molecule has 25 heavy (non-hydrogen) atoms. The molecule has 4 rings (SSSR count). The standard InChI is InChI=1S/C17H18FN5OS/c1-2-23-7-6-13(20-23)16(24)21-8-10-22(11-9-21)17-19-15-12(18)4-3-5-14(15)25-17/h3-7H,2,8-11H2,1H3. The Morgan fingerprint density at radius 3 is 2.72 bits per heavy atom. The van der Waals surface area contributed by atoms with Crippen LogP contribution in [0.1, 0.15) is 17.4 Å². The minimum atomic E-state index is -0.291. The van der Waals surface area contributed by atoms with Gasteiger partial charge >= 0.3 is 0 Å². The van der Waals surface area contributed by atoms with E-state index in [9.17, 15) is 9.18 Å². The number of benzene rings is 1. The summed E-state index contributed by atoms with van der Waals surface area (Å²) in [5, 5.41) is 5.09. The van der Waals surface area contributed by atoms with E-state index in [4.69, 9.17) is 0 Å². The zero-order valence-electron chi connectivity index (χ0n) is 13.9.